The number of nitrogen functional groups attached to an aromatic ring is 1. The minimum absolute atomic E-state index is 0.0324. The molecule has 0 aliphatic heterocycles. The zero-order valence-corrected chi connectivity index (χ0v) is 19.8. The average molecular weight is 481 g/mol. The molecule has 0 radical (unpaired) electrons. The molecule has 3 rings (SSSR count). The molecule has 0 fully saturated rings. The molecular weight excluding hydrogens is 452 g/mol. The van der Waals surface area contributed by atoms with Gasteiger partial charge in [-0.05, 0) is 48.2 Å². The summed E-state index contributed by atoms with van der Waals surface area (Å²) in [5.41, 5.74) is 7.73. The van der Waals surface area contributed by atoms with Crippen LogP contribution in [0.3, 0.4) is 0 Å². The molecule has 1 amide bonds. The number of anilines is 1. The van der Waals surface area contributed by atoms with Gasteiger partial charge in [-0.3, -0.25) is 10.2 Å². The van der Waals surface area contributed by atoms with Crippen LogP contribution in [0.15, 0.2) is 77.7 Å². The smallest absolute Gasteiger partial charge is 0.265 e. The standard InChI is InChI=1S/C25H28N4O4S/c1-16(2)14-22(33-20-7-5-6-18(15-20)24(26)27)25(30)29-19-12-10-17(11-13-19)21-8-3-4-9-23(21)34(28,31)32/h3-13,15-16,22H,14H2,1-2H3,(H3,26,27)(H,29,30)(H2,28,31,32). The SMILES string of the molecule is CC(C)CC(Oc1cccc(C(=N)N)c1)C(=O)Nc1ccc(-c2ccccc2S(N)(=O)=O)cc1. The van der Waals surface area contributed by atoms with Crippen molar-refractivity contribution >= 4 is 27.5 Å². The Morgan fingerprint density at radius 3 is 2.32 bits per heavy atom. The molecule has 0 aromatic heterocycles. The summed E-state index contributed by atoms with van der Waals surface area (Å²) in [4.78, 5) is 13.0. The number of amides is 1. The van der Waals surface area contributed by atoms with E-state index in [0.29, 0.717) is 34.5 Å². The summed E-state index contributed by atoms with van der Waals surface area (Å²) in [5.74, 6) is 0.242. The van der Waals surface area contributed by atoms with Crippen molar-refractivity contribution in [2.45, 2.75) is 31.3 Å². The Morgan fingerprint density at radius 1 is 1.03 bits per heavy atom. The van der Waals surface area contributed by atoms with Crippen LogP contribution in [0.1, 0.15) is 25.8 Å². The number of carbonyl (C=O) groups is 1. The highest BCUT2D eigenvalue weighted by Crippen LogP contribution is 2.28. The molecule has 178 valence electrons. The highest BCUT2D eigenvalue weighted by atomic mass is 32.2. The molecule has 0 spiro atoms. The molecule has 8 nitrogen and oxygen atoms in total. The van der Waals surface area contributed by atoms with Gasteiger partial charge < -0.3 is 15.8 Å². The number of carbonyl (C=O) groups excluding carboxylic acids is 1. The Balaban J connectivity index is 1.79. The second-order valence-electron chi connectivity index (χ2n) is 8.29. The first-order chi connectivity index (χ1) is 16.0. The third-order valence-corrected chi connectivity index (χ3v) is 6.03. The summed E-state index contributed by atoms with van der Waals surface area (Å²) in [6.07, 6.45) is -0.277. The van der Waals surface area contributed by atoms with Crippen LogP contribution in [0.25, 0.3) is 11.1 Å². The largest absolute Gasteiger partial charge is 0.481 e. The van der Waals surface area contributed by atoms with Crippen LogP contribution in [0.4, 0.5) is 5.69 Å². The number of ether oxygens (including phenoxy) is 1. The molecular formula is C25H28N4O4S. The predicted molar refractivity (Wildman–Crippen MR) is 133 cm³/mol. The number of sulfonamides is 1. The molecule has 0 saturated heterocycles. The Morgan fingerprint density at radius 2 is 1.71 bits per heavy atom. The molecule has 0 saturated carbocycles. The van der Waals surface area contributed by atoms with E-state index in [1.807, 2.05) is 13.8 Å². The molecule has 0 aliphatic carbocycles. The van der Waals surface area contributed by atoms with E-state index in [0.717, 1.165) is 0 Å². The Kier molecular flexibility index (Phi) is 7.70. The monoisotopic (exact) mass is 480 g/mol. The lowest BCUT2D eigenvalue weighted by molar-refractivity contribution is -0.123. The van der Waals surface area contributed by atoms with E-state index >= 15 is 0 Å². The first-order valence-corrected chi connectivity index (χ1v) is 12.2. The lowest BCUT2D eigenvalue weighted by Crippen LogP contribution is -2.34. The van der Waals surface area contributed by atoms with Gasteiger partial charge in [-0.15, -0.1) is 0 Å². The first-order valence-electron chi connectivity index (χ1n) is 10.7. The number of nitrogens with one attached hydrogen (secondary N) is 2. The van der Waals surface area contributed by atoms with Crippen molar-refractivity contribution in [2.24, 2.45) is 16.8 Å². The molecule has 0 bridgehead atoms. The first kappa shape index (κ1) is 24.9. The third kappa shape index (κ3) is 6.43. The van der Waals surface area contributed by atoms with E-state index in [1.54, 1.807) is 66.7 Å². The van der Waals surface area contributed by atoms with Gasteiger partial charge in [0.15, 0.2) is 6.10 Å². The van der Waals surface area contributed by atoms with Gasteiger partial charge in [0, 0.05) is 16.8 Å². The zero-order chi connectivity index (χ0) is 24.9. The molecule has 0 heterocycles. The van der Waals surface area contributed by atoms with Crippen molar-refractivity contribution in [3.8, 4) is 16.9 Å². The minimum atomic E-state index is -3.88. The summed E-state index contributed by atoms with van der Waals surface area (Å²) < 4.78 is 29.7. The molecule has 3 aromatic rings. The normalized spacial score (nSPS) is 12.2. The maximum Gasteiger partial charge on any atom is 0.265 e. The number of hydrogen-bond acceptors (Lipinski definition) is 5. The molecule has 34 heavy (non-hydrogen) atoms. The van der Waals surface area contributed by atoms with E-state index in [1.165, 1.54) is 6.07 Å². The second-order valence-corrected chi connectivity index (χ2v) is 9.82. The summed E-state index contributed by atoms with van der Waals surface area (Å²) in [6.45, 7) is 3.99. The lowest BCUT2D eigenvalue weighted by Gasteiger charge is -2.21. The second kappa shape index (κ2) is 10.5. The van der Waals surface area contributed by atoms with E-state index in [2.05, 4.69) is 5.32 Å². The van der Waals surface area contributed by atoms with Gasteiger partial charge in [-0.25, -0.2) is 13.6 Å². The quantitative estimate of drug-likeness (QED) is 0.272. The number of amidine groups is 1. The molecule has 1 unspecified atom stereocenters. The van der Waals surface area contributed by atoms with Crippen molar-refractivity contribution in [3.05, 3.63) is 78.4 Å². The van der Waals surface area contributed by atoms with Gasteiger partial charge in [0.05, 0.1) is 4.90 Å². The number of primary sulfonamides is 1. The Bertz CT molecular complexity index is 1290. The van der Waals surface area contributed by atoms with Gasteiger partial charge in [0.1, 0.15) is 11.6 Å². The number of rotatable bonds is 9. The van der Waals surface area contributed by atoms with Crippen LogP contribution in [0.2, 0.25) is 0 Å². The summed E-state index contributed by atoms with van der Waals surface area (Å²) in [7, 11) is -3.88. The summed E-state index contributed by atoms with van der Waals surface area (Å²) in [6, 6.07) is 20.0. The van der Waals surface area contributed by atoms with Crippen LogP contribution in [-0.2, 0) is 14.8 Å². The zero-order valence-electron chi connectivity index (χ0n) is 19.0. The van der Waals surface area contributed by atoms with E-state index in [9.17, 15) is 13.2 Å². The number of hydrogen-bond donors (Lipinski definition) is 4. The minimum Gasteiger partial charge on any atom is -0.481 e. The highest BCUT2D eigenvalue weighted by molar-refractivity contribution is 7.89. The van der Waals surface area contributed by atoms with Gasteiger partial charge in [-0.1, -0.05) is 56.3 Å². The molecule has 0 aliphatic rings. The molecule has 3 aromatic carbocycles. The van der Waals surface area contributed by atoms with Crippen molar-refractivity contribution in [2.75, 3.05) is 5.32 Å². The van der Waals surface area contributed by atoms with Gasteiger partial charge in [0.2, 0.25) is 10.0 Å². The maximum absolute atomic E-state index is 13.0. The van der Waals surface area contributed by atoms with Gasteiger partial charge in [-0.2, -0.15) is 0 Å². The van der Waals surface area contributed by atoms with E-state index in [4.69, 9.17) is 21.0 Å². The van der Waals surface area contributed by atoms with E-state index < -0.39 is 16.1 Å². The predicted octanol–water partition coefficient (Wildman–Crippen LogP) is 3.72. The fourth-order valence-electron chi connectivity index (χ4n) is 3.45. The van der Waals surface area contributed by atoms with Crippen LogP contribution in [-0.4, -0.2) is 26.3 Å². The molecule has 6 N–H and O–H groups in total. The fourth-order valence-corrected chi connectivity index (χ4v) is 4.21. The van der Waals surface area contributed by atoms with Crippen molar-refractivity contribution in [1.29, 1.82) is 5.41 Å². The molecule has 1 atom stereocenters. The molecule has 9 heteroatoms. The maximum atomic E-state index is 13.0. The summed E-state index contributed by atoms with van der Waals surface area (Å²) in [5, 5.41) is 15.8. The van der Waals surface area contributed by atoms with Crippen molar-refractivity contribution in [1.82, 2.24) is 0 Å². The van der Waals surface area contributed by atoms with Crippen LogP contribution in [0.5, 0.6) is 5.75 Å². The van der Waals surface area contributed by atoms with Crippen LogP contribution >= 0.6 is 0 Å². The van der Waals surface area contributed by atoms with Crippen molar-refractivity contribution in [3.63, 3.8) is 0 Å². The number of nitrogens with two attached hydrogens (primary N) is 2. The summed E-state index contributed by atoms with van der Waals surface area (Å²) >= 11 is 0. The van der Waals surface area contributed by atoms with Gasteiger partial charge in [0.25, 0.3) is 5.91 Å². The average Bonchev–Trinajstić information content (AvgIpc) is 2.78. The lowest BCUT2D eigenvalue weighted by atomic mass is 10.0. The van der Waals surface area contributed by atoms with Crippen LogP contribution < -0.4 is 20.9 Å². The Hall–Kier alpha value is -3.69. The topological polar surface area (TPSA) is 148 Å². The third-order valence-electron chi connectivity index (χ3n) is 5.06. The van der Waals surface area contributed by atoms with Crippen LogP contribution in [0, 0.1) is 11.3 Å². The number of benzene rings is 3. The van der Waals surface area contributed by atoms with Crippen molar-refractivity contribution < 1.29 is 17.9 Å². The van der Waals surface area contributed by atoms with E-state index in [-0.39, 0.29) is 22.6 Å². The fraction of sp³-hybridized carbons (Fsp3) is 0.200. The van der Waals surface area contributed by atoms with Gasteiger partial charge >= 0.3 is 0 Å². The highest BCUT2D eigenvalue weighted by Gasteiger charge is 2.22. The Labute approximate surface area is 199 Å².